The monoisotopic (exact) mass is 462 g/mol. The first kappa shape index (κ1) is 26.1. The standard InChI is InChI=1S/C25H38N2O4S/c1-8-9-15-27(24(28)31-25(5,6)7)16-20(18(2)3)17-32(29,30)23-12-10-11-21-19(4)26-14-13-22(21)23/h10-14,18,20H,8-9,15-17H2,1-7H3. The highest BCUT2D eigenvalue weighted by molar-refractivity contribution is 7.91. The molecule has 0 spiro atoms. The summed E-state index contributed by atoms with van der Waals surface area (Å²) in [4.78, 5) is 19.1. The molecule has 0 radical (unpaired) electrons. The lowest BCUT2D eigenvalue weighted by Crippen LogP contribution is -2.42. The van der Waals surface area contributed by atoms with Gasteiger partial charge in [-0.2, -0.15) is 0 Å². The minimum Gasteiger partial charge on any atom is -0.444 e. The van der Waals surface area contributed by atoms with Gasteiger partial charge in [0.05, 0.1) is 10.6 Å². The van der Waals surface area contributed by atoms with Gasteiger partial charge in [0.1, 0.15) is 5.60 Å². The Morgan fingerprint density at radius 2 is 1.84 bits per heavy atom. The van der Waals surface area contributed by atoms with Crippen molar-refractivity contribution >= 4 is 26.7 Å². The zero-order valence-corrected chi connectivity index (χ0v) is 21.3. The molecule has 1 unspecified atom stereocenters. The van der Waals surface area contributed by atoms with Crippen LogP contribution in [-0.2, 0) is 14.6 Å². The predicted octanol–water partition coefficient (Wildman–Crippen LogP) is 5.63. The molecule has 0 aliphatic rings. The third-order valence-electron chi connectivity index (χ3n) is 5.56. The average molecular weight is 463 g/mol. The first-order valence-corrected chi connectivity index (χ1v) is 13.1. The second-order valence-electron chi connectivity index (χ2n) is 9.81. The molecule has 0 N–H and O–H groups in total. The number of carbonyl (C=O) groups excluding carboxylic acids is 1. The number of unbranched alkanes of at least 4 members (excludes halogenated alkanes) is 1. The number of hydrogen-bond acceptors (Lipinski definition) is 5. The molecule has 7 heteroatoms. The molecule has 1 aromatic heterocycles. The van der Waals surface area contributed by atoms with Crippen LogP contribution in [0.5, 0.6) is 0 Å². The van der Waals surface area contributed by atoms with Crippen molar-refractivity contribution in [3.63, 3.8) is 0 Å². The highest BCUT2D eigenvalue weighted by Gasteiger charge is 2.30. The van der Waals surface area contributed by atoms with Crippen molar-refractivity contribution in [2.75, 3.05) is 18.8 Å². The van der Waals surface area contributed by atoms with Crippen molar-refractivity contribution in [1.29, 1.82) is 0 Å². The zero-order valence-electron chi connectivity index (χ0n) is 20.5. The van der Waals surface area contributed by atoms with Crippen LogP contribution in [0.1, 0.15) is 60.1 Å². The van der Waals surface area contributed by atoms with Crippen molar-refractivity contribution < 1.29 is 17.9 Å². The van der Waals surface area contributed by atoms with Crippen LogP contribution in [0, 0.1) is 18.8 Å². The predicted molar refractivity (Wildman–Crippen MR) is 130 cm³/mol. The van der Waals surface area contributed by atoms with Gasteiger partial charge in [-0.3, -0.25) is 4.98 Å². The van der Waals surface area contributed by atoms with E-state index in [1.165, 1.54) is 0 Å². The molecule has 32 heavy (non-hydrogen) atoms. The Labute approximate surface area is 193 Å². The molecule has 2 rings (SSSR count). The number of amides is 1. The highest BCUT2D eigenvalue weighted by Crippen LogP contribution is 2.28. The van der Waals surface area contributed by atoms with E-state index in [-0.39, 0.29) is 23.7 Å². The third-order valence-corrected chi connectivity index (χ3v) is 7.46. The molecule has 6 nitrogen and oxygen atoms in total. The highest BCUT2D eigenvalue weighted by atomic mass is 32.2. The van der Waals surface area contributed by atoms with E-state index >= 15 is 0 Å². The summed E-state index contributed by atoms with van der Waals surface area (Å²) in [6, 6.07) is 7.08. The van der Waals surface area contributed by atoms with Crippen LogP contribution in [0.2, 0.25) is 0 Å². The summed E-state index contributed by atoms with van der Waals surface area (Å²) in [5, 5.41) is 1.53. The Morgan fingerprint density at radius 1 is 1.16 bits per heavy atom. The van der Waals surface area contributed by atoms with E-state index in [0.29, 0.717) is 23.4 Å². The molecule has 0 bridgehead atoms. The molecule has 1 aromatic carbocycles. The van der Waals surface area contributed by atoms with Crippen LogP contribution in [0.3, 0.4) is 0 Å². The summed E-state index contributed by atoms with van der Waals surface area (Å²) in [5.41, 5.74) is 0.200. The Bertz CT molecular complexity index is 1030. The van der Waals surface area contributed by atoms with Gasteiger partial charge < -0.3 is 9.64 Å². The second kappa shape index (κ2) is 10.6. The summed E-state index contributed by atoms with van der Waals surface area (Å²) in [6.45, 7) is 14.4. The van der Waals surface area contributed by atoms with Crippen LogP contribution >= 0.6 is 0 Å². The molecule has 2 aromatic rings. The minimum atomic E-state index is -3.58. The lowest BCUT2D eigenvalue weighted by molar-refractivity contribution is 0.0210. The molecule has 0 saturated heterocycles. The zero-order chi connectivity index (χ0) is 24.1. The van der Waals surface area contributed by atoms with Gasteiger partial charge in [0.2, 0.25) is 0 Å². The number of carbonyl (C=O) groups is 1. The molecular weight excluding hydrogens is 424 g/mol. The normalized spacial score (nSPS) is 13.4. The van der Waals surface area contributed by atoms with Crippen molar-refractivity contribution in [1.82, 2.24) is 9.88 Å². The molecule has 1 heterocycles. The van der Waals surface area contributed by atoms with Gasteiger partial charge in [0.25, 0.3) is 0 Å². The largest absolute Gasteiger partial charge is 0.444 e. The van der Waals surface area contributed by atoms with Crippen molar-refractivity contribution in [2.24, 2.45) is 11.8 Å². The Balaban J connectivity index is 2.33. The van der Waals surface area contributed by atoms with Gasteiger partial charge >= 0.3 is 6.09 Å². The maximum absolute atomic E-state index is 13.5. The van der Waals surface area contributed by atoms with E-state index < -0.39 is 15.4 Å². The van der Waals surface area contributed by atoms with Crippen LogP contribution in [0.25, 0.3) is 10.8 Å². The first-order valence-electron chi connectivity index (χ1n) is 11.4. The fraction of sp³-hybridized carbons (Fsp3) is 0.600. The number of nitrogens with zero attached hydrogens (tertiary/aromatic N) is 2. The molecular formula is C25H38N2O4S. The van der Waals surface area contributed by atoms with Gasteiger partial charge in [-0.1, -0.05) is 39.3 Å². The van der Waals surface area contributed by atoms with E-state index in [2.05, 4.69) is 11.9 Å². The quantitative estimate of drug-likeness (QED) is 0.483. The van der Waals surface area contributed by atoms with E-state index in [1.54, 1.807) is 29.3 Å². The van der Waals surface area contributed by atoms with Crippen molar-refractivity contribution in [3.8, 4) is 0 Å². The summed E-state index contributed by atoms with van der Waals surface area (Å²) in [5.74, 6) is -0.173. The number of aryl methyl sites for hydroxylation is 1. The van der Waals surface area contributed by atoms with E-state index in [9.17, 15) is 13.2 Å². The fourth-order valence-corrected chi connectivity index (χ4v) is 5.67. The summed E-state index contributed by atoms with van der Waals surface area (Å²) >= 11 is 0. The molecule has 0 aliphatic heterocycles. The Morgan fingerprint density at radius 3 is 2.44 bits per heavy atom. The van der Waals surface area contributed by atoms with Crippen molar-refractivity contribution in [2.45, 2.75) is 71.8 Å². The average Bonchev–Trinajstić information content (AvgIpc) is 2.68. The van der Waals surface area contributed by atoms with Gasteiger partial charge in [-0.05, 0) is 58.1 Å². The summed E-state index contributed by atoms with van der Waals surface area (Å²) < 4.78 is 32.6. The third kappa shape index (κ3) is 6.92. The van der Waals surface area contributed by atoms with Crippen LogP contribution < -0.4 is 0 Å². The van der Waals surface area contributed by atoms with Crippen molar-refractivity contribution in [3.05, 3.63) is 36.2 Å². The Hall–Kier alpha value is -2.15. The van der Waals surface area contributed by atoms with Crippen LogP contribution in [0.15, 0.2) is 35.4 Å². The summed E-state index contributed by atoms with van der Waals surface area (Å²) in [7, 11) is -3.58. The lowest BCUT2D eigenvalue weighted by atomic mass is 9.97. The topological polar surface area (TPSA) is 76.6 Å². The molecule has 0 saturated carbocycles. The number of hydrogen-bond donors (Lipinski definition) is 0. The number of aromatic nitrogens is 1. The Kier molecular flexibility index (Phi) is 8.68. The van der Waals surface area contributed by atoms with E-state index in [1.807, 2.05) is 47.6 Å². The van der Waals surface area contributed by atoms with E-state index in [4.69, 9.17) is 4.74 Å². The van der Waals surface area contributed by atoms with Gasteiger partial charge in [-0.25, -0.2) is 13.2 Å². The molecule has 178 valence electrons. The molecule has 1 amide bonds. The number of ether oxygens (including phenoxy) is 1. The number of rotatable bonds is 9. The lowest BCUT2D eigenvalue weighted by Gasteiger charge is -2.31. The fourth-order valence-electron chi connectivity index (χ4n) is 3.64. The van der Waals surface area contributed by atoms with Gasteiger partial charge in [0, 0.05) is 35.8 Å². The molecule has 0 aliphatic carbocycles. The summed E-state index contributed by atoms with van der Waals surface area (Å²) in [6.07, 6.45) is 3.03. The first-order chi connectivity index (χ1) is 14.9. The second-order valence-corrected chi connectivity index (χ2v) is 11.8. The maximum atomic E-state index is 13.5. The van der Waals surface area contributed by atoms with Crippen LogP contribution in [-0.4, -0.2) is 48.8 Å². The SMILES string of the molecule is CCCCN(CC(CS(=O)(=O)c1cccc2c(C)nccc12)C(C)C)C(=O)OC(C)(C)C. The maximum Gasteiger partial charge on any atom is 0.410 e. The number of benzene rings is 1. The number of fused-ring (bicyclic) bond motifs is 1. The number of pyridine rings is 1. The number of sulfone groups is 1. The van der Waals surface area contributed by atoms with Crippen LogP contribution in [0.4, 0.5) is 4.79 Å². The van der Waals surface area contributed by atoms with E-state index in [0.717, 1.165) is 23.9 Å². The van der Waals surface area contributed by atoms with Gasteiger partial charge in [0.15, 0.2) is 9.84 Å². The minimum absolute atomic E-state index is 0.0312. The molecule has 0 fully saturated rings. The van der Waals surface area contributed by atoms with Gasteiger partial charge in [-0.15, -0.1) is 0 Å². The smallest absolute Gasteiger partial charge is 0.410 e. The molecule has 1 atom stereocenters.